The van der Waals surface area contributed by atoms with Crippen LogP contribution in [-0.2, 0) is 0 Å². The van der Waals surface area contributed by atoms with Crippen molar-refractivity contribution in [3.63, 3.8) is 0 Å². The summed E-state index contributed by atoms with van der Waals surface area (Å²) in [6.45, 7) is 4.52. The topological polar surface area (TPSA) is 18.5 Å². The lowest BCUT2D eigenvalue weighted by Crippen LogP contribution is -2.33. The highest BCUT2D eigenvalue weighted by Gasteiger charge is 2.29. The average Bonchev–Trinajstić information content (AvgIpc) is 3.06. The third-order valence-corrected chi connectivity index (χ3v) is 4.28. The molecule has 1 heterocycles. The Balaban J connectivity index is 1.70. The van der Waals surface area contributed by atoms with Crippen LogP contribution in [0.1, 0.15) is 24.8 Å². The van der Waals surface area contributed by atoms with Crippen LogP contribution in [0, 0.1) is 6.92 Å². The summed E-state index contributed by atoms with van der Waals surface area (Å²) in [5.74, 6) is 0. The van der Waals surface area contributed by atoms with Gasteiger partial charge in [0.15, 0.2) is 0 Å². The molecule has 3 nitrogen and oxygen atoms in total. The summed E-state index contributed by atoms with van der Waals surface area (Å²) in [6, 6.07) is 8.35. The van der Waals surface area contributed by atoms with E-state index in [1.165, 1.54) is 42.7 Å². The second-order valence-corrected chi connectivity index (χ2v) is 6.24. The van der Waals surface area contributed by atoms with Crippen molar-refractivity contribution in [3.8, 4) is 0 Å². The Kier molecular flexibility index (Phi) is 3.40. The van der Waals surface area contributed by atoms with Gasteiger partial charge in [-0.05, 0) is 43.9 Å². The molecule has 0 amide bonds. The standard InChI is InChI=1S/C16H25N3/c1-12-4-7-15(10-16(12)18(2)3)19-9-8-14(11-19)17-13-5-6-13/h4,7,10,13-14,17H,5-6,8-9,11H2,1-3H3. The minimum absolute atomic E-state index is 0.691. The molecule has 0 aromatic heterocycles. The zero-order chi connectivity index (χ0) is 13.4. The lowest BCUT2D eigenvalue weighted by molar-refractivity contribution is 0.548. The first kappa shape index (κ1) is 12.8. The van der Waals surface area contributed by atoms with E-state index < -0.39 is 0 Å². The van der Waals surface area contributed by atoms with E-state index in [-0.39, 0.29) is 0 Å². The number of benzene rings is 1. The summed E-state index contributed by atoms with van der Waals surface area (Å²) in [4.78, 5) is 4.72. The van der Waals surface area contributed by atoms with Crippen molar-refractivity contribution in [2.24, 2.45) is 0 Å². The van der Waals surface area contributed by atoms with Crippen LogP contribution < -0.4 is 15.1 Å². The van der Waals surface area contributed by atoms with Crippen LogP contribution in [0.15, 0.2) is 18.2 Å². The van der Waals surface area contributed by atoms with Crippen LogP contribution in [0.3, 0.4) is 0 Å². The maximum absolute atomic E-state index is 3.75. The van der Waals surface area contributed by atoms with Gasteiger partial charge in [0, 0.05) is 50.6 Å². The Labute approximate surface area is 116 Å². The minimum Gasteiger partial charge on any atom is -0.377 e. The molecule has 104 valence electrons. The predicted octanol–water partition coefficient (Wildman–Crippen LogP) is 2.39. The largest absolute Gasteiger partial charge is 0.377 e. The molecule has 3 rings (SSSR count). The lowest BCUT2D eigenvalue weighted by Gasteiger charge is -2.23. The Hall–Kier alpha value is -1.22. The first-order valence-electron chi connectivity index (χ1n) is 7.42. The third kappa shape index (κ3) is 2.86. The fourth-order valence-electron chi connectivity index (χ4n) is 2.99. The molecule has 1 aliphatic carbocycles. The van der Waals surface area contributed by atoms with E-state index in [0.717, 1.165) is 12.6 Å². The molecule has 1 saturated heterocycles. The molecule has 0 radical (unpaired) electrons. The van der Waals surface area contributed by atoms with Crippen molar-refractivity contribution >= 4 is 11.4 Å². The minimum atomic E-state index is 0.691. The monoisotopic (exact) mass is 259 g/mol. The SMILES string of the molecule is Cc1ccc(N2CCC(NC3CC3)C2)cc1N(C)C. The van der Waals surface area contributed by atoms with Crippen LogP contribution in [0.5, 0.6) is 0 Å². The number of aryl methyl sites for hydroxylation is 1. The molecule has 0 bridgehead atoms. The quantitative estimate of drug-likeness (QED) is 0.895. The van der Waals surface area contributed by atoms with Gasteiger partial charge < -0.3 is 15.1 Å². The smallest absolute Gasteiger partial charge is 0.0411 e. The van der Waals surface area contributed by atoms with Gasteiger partial charge >= 0.3 is 0 Å². The second-order valence-electron chi connectivity index (χ2n) is 6.24. The number of nitrogens with one attached hydrogen (secondary N) is 1. The van der Waals surface area contributed by atoms with Crippen molar-refractivity contribution in [2.75, 3.05) is 37.0 Å². The van der Waals surface area contributed by atoms with Crippen molar-refractivity contribution < 1.29 is 0 Å². The van der Waals surface area contributed by atoms with Crippen LogP contribution >= 0.6 is 0 Å². The van der Waals surface area contributed by atoms with Crippen LogP contribution in [0.25, 0.3) is 0 Å². The highest BCUT2D eigenvalue weighted by Crippen LogP contribution is 2.28. The zero-order valence-electron chi connectivity index (χ0n) is 12.3. The number of hydrogen-bond acceptors (Lipinski definition) is 3. The zero-order valence-corrected chi connectivity index (χ0v) is 12.3. The Morgan fingerprint density at radius 2 is 1.95 bits per heavy atom. The molecule has 1 aliphatic heterocycles. The molecule has 1 saturated carbocycles. The van der Waals surface area contributed by atoms with Gasteiger partial charge in [0.25, 0.3) is 0 Å². The molecule has 2 aliphatic rings. The lowest BCUT2D eigenvalue weighted by atomic mass is 10.1. The fraction of sp³-hybridized carbons (Fsp3) is 0.625. The first-order chi connectivity index (χ1) is 9.13. The highest BCUT2D eigenvalue weighted by atomic mass is 15.2. The Morgan fingerprint density at radius 1 is 1.16 bits per heavy atom. The molecule has 1 unspecified atom stereocenters. The molecule has 1 N–H and O–H groups in total. The van der Waals surface area contributed by atoms with Gasteiger partial charge in [0.05, 0.1) is 0 Å². The number of anilines is 2. The summed E-state index contributed by atoms with van der Waals surface area (Å²) in [5, 5.41) is 3.75. The summed E-state index contributed by atoms with van der Waals surface area (Å²) in [5.41, 5.74) is 4.05. The van der Waals surface area contributed by atoms with Crippen molar-refractivity contribution in [1.82, 2.24) is 5.32 Å². The third-order valence-electron chi connectivity index (χ3n) is 4.28. The normalized spacial score (nSPS) is 22.9. The van der Waals surface area contributed by atoms with Gasteiger partial charge in [0.2, 0.25) is 0 Å². The molecular formula is C16H25N3. The van der Waals surface area contributed by atoms with Crippen LogP contribution in [-0.4, -0.2) is 39.3 Å². The molecule has 0 spiro atoms. The summed E-state index contributed by atoms with van der Waals surface area (Å²) >= 11 is 0. The molecule has 19 heavy (non-hydrogen) atoms. The first-order valence-corrected chi connectivity index (χ1v) is 7.42. The molecule has 1 atom stereocenters. The maximum atomic E-state index is 3.75. The van der Waals surface area contributed by atoms with Gasteiger partial charge in [-0.25, -0.2) is 0 Å². The molecule has 1 aromatic carbocycles. The fourth-order valence-corrected chi connectivity index (χ4v) is 2.99. The molecule has 2 fully saturated rings. The number of hydrogen-bond donors (Lipinski definition) is 1. The highest BCUT2D eigenvalue weighted by molar-refractivity contribution is 5.63. The summed E-state index contributed by atoms with van der Waals surface area (Å²) in [6.07, 6.45) is 4.04. The van der Waals surface area contributed by atoms with E-state index in [4.69, 9.17) is 0 Å². The van der Waals surface area contributed by atoms with Gasteiger partial charge in [0.1, 0.15) is 0 Å². The van der Waals surface area contributed by atoms with E-state index in [9.17, 15) is 0 Å². The van der Waals surface area contributed by atoms with Gasteiger partial charge in [-0.1, -0.05) is 6.07 Å². The van der Waals surface area contributed by atoms with E-state index in [2.05, 4.69) is 54.3 Å². The van der Waals surface area contributed by atoms with Crippen LogP contribution in [0.4, 0.5) is 11.4 Å². The number of nitrogens with zero attached hydrogens (tertiary/aromatic N) is 2. The van der Waals surface area contributed by atoms with Crippen molar-refractivity contribution in [2.45, 2.75) is 38.3 Å². The van der Waals surface area contributed by atoms with Crippen molar-refractivity contribution in [3.05, 3.63) is 23.8 Å². The average molecular weight is 259 g/mol. The molecule has 1 aromatic rings. The van der Waals surface area contributed by atoms with Crippen LogP contribution in [0.2, 0.25) is 0 Å². The second kappa shape index (κ2) is 5.04. The van der Waals surface area contributed by atoms with E-state index in [1.807, 2.05) is 0 Å². The number of rotatable bonds is 4. The maximum Gasteiger partial charge on any atom is 0.0411 e. The Morgan fingerprint density at radius 3 is 2.63 bits per heavy atom. The predicted molar refractivity (Wildman–Crippen MR) is 82.3 cm³/mol. The van der Waals surface area contributed by atoms with Crippen molar-refractivity contribution in [1.29, 1.82) is 0 Å². The van der Waals surface area contributed by atoms with Gasteiger partial charge in [-0.3, -0.25) is 0 Å². The molecular weight excluding hydrogens is 234 g/mol. The van der Waals surface area contributed by atoms with Gasteiger partial charge in [-0.15, -0.1) is 0 Å². The van der Waals surface area contributed by atoms with E-state index in [0.29, 0.717) is 6.04 Å². The van der Waals surface area contributed by atoms with E-state index in [1.54, 1.807) is 0 Å². The Bertz CT molecular complexity index is 451. The summed E-state index contributed by atoms with van der Waals surface area (Å²) in [7, 11) is 4.24. The van der Waals surface area contributed by atoms with Gasteiger partial charge in [-0.2, -0.15) is 0 Å². The van der Waals surface area contributed by atoms with E-state index >= 15 is 0 Å². The molecule has 3 heteroatoms. The summed E-state index contributed by atoms with van der Waals surface area (Å²) < 4.78 is 0.